The van der Waals surface area contributed by atoms with Crippen molar-refractivity contribution in [1.29, 1.82) is 0 Å². The molecule has 0 spiro atoms. The first-order valence-corrected chi connectivity index (χ1v) is 6.78. The van der Waals surface area contributed by atoms with Gasteiger partial charge in [0.1, 0.15) is 11.4 Å². The van der Waals surface area contributed by atoms with E-state index in [0.29, 0.717) is 17.7 Å². The predicted molar refractivity (Wildman–Crippen MR) is 70.5 cm³/mol. The van der Waals surface area contributed by atoms with Crippen LogP contribution < -0.4 is 0 Å². The molecule has 1 aromatic heterocycles. The molecule has 1 heterocycles. The largest absolute Gasteiger partial charge is 0.492 e. The van der Waals surface area contributed by atoms with Crippen molar-refractivity contribution in [3.63, 3.8) is 0 Å². The fraction of sp³-hybridized carbons (Fsp3) is 0.786. The van der Waals surface area contributed by atoms with Crippen LogP contribution in [-0.4, -0.2) is 21.7 Å². The number of hydrogen-bond donors (Lipinski definition) is 2. The summed E-state index contributed by atoms with van der Waals surface area (Å²) in [6.45, 7) is 9.11. The van der Waals surface area contributed by atoms with Crippen molar-refractivity contribution < 1.29 is 9.84 Å². The van der Waals surface area contributed by atoms with Gasteiger partial charge in [-0.2, -0.15) is 4.98 Å². The van der Waals surface area contributed by atoms with Crippen molar-refractivity contribution in [2.75, 3.05) is 6.61 Å². The number of imidazole rings is 1. The van der Waals surface area contributed by atoms with Crippen LogP contribution >= 0.6 is 0 Å². The van der Waals surface area contributed by atoms with Gasteiger partial charge in [-0.3, -0.25) is 0 Å². The Morgan fingerprint density at radius 3 is 2.33 bits per heavy atom. The Morgan fingerprint density at radius 1 is 1.28 bits per heavy atom. The fourth-order valence-electron chi connectivity index (χ4n) is 2.72. The molecule has 4 heteroatoms. The molecule has 0 saturated heterocycles. The van der Waals surface area contributed by atoms with E-state index >= 15 is 0 Å². The standard InChI is InChI=1S/C14H24N2O2/c1-5-18-14(8-6-13(3,4)7-9-14)12-15-10(2)11(17)16-12/h17H,5-9H2,1-4H3,(H,15,16). The highest BCUT2D eigenvalue weighted by Gasteiger charge is 2.42. The van der Waals surface area contributed by atoms with Gasteiger partial charge in [-0.1, -0.05) is 13.8 Å². The molecule has 18 heavy (non-hydrogen) atoms. The second-order valence-corrected chi connectivity index (χ2v) is 6.13. The van der Waals surface area contributed by atoms with Gasteiger partial charge in [0.2, 0.25) is 5.88 Å². The quantitative estimate of drug-likeness (QED) is 0.868. The lowest BCUT2D eigenvalue weighted by molar-refractivity contribution is -0.0944. The van der Waals surface area contributed by atoms with Gasteiger partial charge in [0, 0.05) is 6.61 Å². The minimum atomic E-state index is -0.337. The summed E-state index contributed by atoms with van der Waals surface area (Å²) in [6, 6.07) is 0. The molecule has 1 aromatic rings. The smallest absolute Gasteiger partial charge is 0.232 e. The molecule has 1 fully saturated rings. The zero-order valence-corrected chi connectivity index (χ0v) is 11.8. The van der Waals surface area contributed by atoms with Crippen molar-refractivity contribution in [2.24, 2.45) is 5.41 Å². The van der Waals surface area contributed by atoms with E-state index in [9.17, 15) is 5.11 Å². The van der Waals surface area contributed by atoms with E-state index in [1.54, 1.807) is 0 Å². The summed E-state index contributed by atoms with van der Waals surface area (Å²) < 4.78 is 6.01. The zero-order valence-electron chi connectivity index (χ0n) is 11.8. The summed E-state index contributed by atoms with van der Waals surface area (Å²) in [5.74, 6) is 0.878. The van der Waals surface area contributed by atoms with Crippen LogP contribution in [0.5, 0.6) is 5.88 Å². The lowest BCUT2D eigenvalue weighted by Gasteiger charge is -2.42. The van der Waals surface area contributed by atoms with Crippen LogP contribution in [0.2, 0.25) is 0 Å². The third-order valence-corrected chi connectivity index (χ3v) is 4.12. The van der Waals surface area contributed by atoms with E-state index in [1.807, 2.05) is 13.8 Å². The lowest BCUT2D eigenvalue weighted by atomic mass is 9.70. The normalized spacial score (nSPS) is 22.0. The Kier molecular flexibility index (Phi) is 3.41. The number of aromatic hydroxyl groups is 1. The minimum absolute atomic E-state index is 0.0916. The van der Waals surface area contributed by atoms with Gasteiger partial charge in [-0.15, -0.1) is 0 Å². The second-order valence-electron chi connectivity index (χ2n) is 6.13. The molecule has 0 unspecified atom stereocenters. The van der Waals surface area contributed by atoms with Crippen molar-refractivity contribution in [2.45, 2.75) is 59.0 Å². The van der Waals surface area contributed by atoms with Crippen LogP contribution in [0.25, 0.3) is 0 Å². The van der Waals surface area contributed by atoms with Crippen LogP contribution in [0.3, 0.4) is 0 Å². The van der Waals surface area contributed by atoms with E-state index in [1.165, 1.54) is 0 Å². The monoisotopic (exact) mass is 252 g/mol. The van der Waals surface area contributed by atoms with Crippen LogP contribution in [0.15, 0.2) is 0 Å². The zero-order chi connectivity index (χ0) is 13.4. The Bertz CT molecular complexity index is 394. The van der Waals surface area contributed by atoms with Gasteiger partial charge in [0.25, 0.3) is 0 Å². The number of hydrogen-bond acceptors (Lipinski definition) is 3. The highest BCUT2D eigenvalue weighted by Crippen LogP contribution is 2.46. The summed E-state index contributed by atoms with van der Waals surface area (Å²) in [4.78, 5) is 7.43. The van der Waals surface area contributed by atoms with Crippen molar-refractivity contribution in [1.82, 2.24) is 9.97 Å². The maximum Gasteiger partial charge on any atom is 0.232 e. The Morgan fingerprint density at radius 2 is 1.89 bits per heavy atom. The summed E-state index contributed by atoms with van der Waals surface area (Å²) in [5.41, 5.74) is 0.759. The van der Waals surface area contributed by atoms with Gasteiger partial charge in [-0.25, -0.2) is 0 Å². The number of aryl methyl sites for hydroxylation is 1. The van der Waals surface area contributed by atoms with Crippen LogP contribution in [0.4, 0.5) is 0 Å². The number of H-pyrrole nitrogens is 1. The summed E-state index contributed by atoms with van der Waals surface area (Å²) in [5, 5.41) is 9.66. The van der Waals surface area contributed by atoms with E-state index in [-0.39, 0.29) is 11.5 Å². The summed E-state index contributed by atoms with van der Waals surface area (Å²) in [7, 11) is 0. The molecule has 102 valence electrons. The molecule has 0 aliphatic heterocycles. The Labute approximate surface area is 109 Å². The average Bonchev–Trinajstić information content (AvgIpc) is 2.64. The van der Waals surface area contributed by atoms with E-state index in [4.69, 9.17) is 4.74 Å². The first kappa shape index (κ1) is 13.4. The molecule has 1 saturated carbocycles. The van der Waals surface area contributed by atoms with Crippen LogP contribution in [0, 0.1) is 12.3 Å². The Balaban J connectivity index is 2.28. The van der Waals surface area contributed by atoms with Crippen molar-refractivity contribution in [3.05, 3.63) is 11.5 Å². The minimum Gasteiger partial charge on any atom is -0.492 e. The molecule has 2 rings (SSSR count). The third-order valence-electron chi connectivity index (χ3n) is 4.12. The maximum absolute atomic E-state index is 9.66. The molecule has 4 nitrogen and oxygen atoms in total. The molecule has 1 aliphatic carbocycles. The molecule has 0 aromatic carbocycles. The number of rotatable bonds is 3. The molecule has 0 bridgehead atoms. The maximum atomic E-state index is 9.66. The van der Waals surface area contributed by atoms with Gasteiger partial charge >= 0.3 is 0 Å². The highest BCUT2D eigenvalue weighted by atomic mass is 16.5. The first-order chi connectivity index (χ1) is 8.38. The van der Waals surface area contributed by atoms with Gasteiger partial charge in [0.15, 0.2) is 0 Å². The van der Waals surface area contributed by atoms with E-state index < -0.39 is 0 Å². The molecule has 2 N–H and O–H groups in total. The second kappa shape index (κ2) is 4.57. The topological polar surface area (TPSA) is 58.1 Å². The van der Waals surface area contributed by atoms with Crippen molar-refractivity contribution >= 4 is 0 Å². The van der Waals surface area contributed by atoms with E-state index in [2.05, 4.69) is 23.8 Å². The van der Waals surface area contributed by atoms with Gasteiger partial charge in [-0.05, 0) is 44.9 Å². The SMILES string of the molecule is CCOC1(c2nc(O)c(C)[nH]2)CCC(C)(C)CC1. The number of nitrogens with one attached hydrogen (secondary N) is 1. The predicted octanol–water partition coefficient (Wildman–Crippen LogP) is 3.26. The highest BCUT2D eigenvalue weighted by molar-refractivity contribution is 5.21. The number of nitrogens with zero attached hydrogens (tertiary/aromatic N) is 1. The third kappa shape index (κ3) is 2.39. The lowest BCUT2D eigenvalue weighted by Crippen LogP contribution is -2.38. The van der Waals surface area contributed by atoms with Gasteiger partial charge in [0.05, 0.1) is 5.69 Å². The van der Waals surface area contributed by atoms with Gasteiger partial charge < -0.3 is 14.8 Å². The summed E-state index contributed by atoms with van der Waals surface area (Å²) >= 11 is 0. The molecule has 0 atom stereocenters. The molecule has 0 amide bonds. The van der Waals surface area contributed by atoms with E-state index in [0.717, 1.165) is 31.5 Å². The number of aromatic amines is 1. The molecular weight excluding hydrogens is 228 g/mol. The molecule has 0 radical (unpaired) electrons. The summed E-state index contributed by atoms with van der Waals surface area (Å²) in [6.07, 6.45) is 4.15. The van der Waals surface area contributed by atoms with Crippen LogP contribution in [0.1, 0.15) is 58.0 Å². The van der Waals surface area contributed by atoms with Crippen LogP contribution in [-0.2, 0) is 10.3 Å². The average molecular weight is 252 g/mol. The Hall–Kier alpha value is -1.03. The van der Waals surface area contributed by atoms with Crippen molar-refractivity contribution in [3.8, 4) is 5.88 Å². The number of aromatic nitrogens is 2. The molecule has 1 aliphatic rings. The fourth-order valence-corrected chi connectivity index (χ4v) is 2.72. The first-order valence-electron chi connectivity index (χ1n) is 6.78. The number of ether oxygens (including phenoxy) is 1. The molecular formula is C14H24N2O2.